The zero-order valence-electron chi connectivity index (χ0n) is 13.0. The molecule has 1 rings (SSSR count). The van der Waals surface area contributed by atoms with Crippen molar-refractivity contribution in [3.05, 3.63) is 5.28 Å². The lowest BCUT2D eigenvalue weighted by molar-refractivity contribution is -0.119. The number of aromatic nitrogens is 3. The van der Waals surface area contributed by atoms with E-state index in [0.29, 0.717) is 24.4 Å². The summed E-state index contributed by atoms with van der Waals surface area (Å²) in [6.45, 7) is 10.4. The average molecular weight is 315 g/mol. The summed E-state index contributed by atoms with van der Waals surface area (Å²) in [7, 11) is 0. The van der Waals surface area contributed by atoms with Crippen LogP contribution in [0.4, 0.5) is 11.9 Å². The second-order valence-corrected chi connectivity index (χ2v) is 5.29. The van der Waals surface area contributed by atoms with Gasteiger partial charge in [0.1, 0.15) is 0 Å². The number of halogens is 1. The first-order valence-electron chi connectivity index (χ1n) is 7.13. The number of anilines is 2. The first-order chi connectivity index (χ1) is 9.96. The molecular weight excluding hydrogens is 292 g/mol. The van der Waals surface area contributed by atoms with Gasteiger partial charge in [0.15, 0.2) is 0 Å². The molecule has 8 heteroatoms. The average Bonchev–Trinajstić information content (AvgIpc) is 2.43. The highest BCUT2D eigenvalue weighted by atomic mass is 35.5. The Hall–Kier alpha value is -1.63. The van der Waals surface area contributed by atoms with Gasteiger partial charge in [0.05, 0.1) is 6.54 Å². The lowest BCUT2D eigenvalue weighted by Crippen LogP contribution is -2.33. The van der Waals surface area contributed by atoms with Crippen LogP contribution in [-0.2, 0) is 4.79 Å². The van der Waals surface area contributed by atoms with E-state index in [1.807, 2.05) is 32.6 Å². The fourth-order valence-corrected chi connectivity index (χ4v) is 1.76. The zero-order valence-corrected chi connectivity index (χ0v) is 13.7. The summed E-state index contributed by atoms with van der Waals surface area (Å²) in [4.78, 5) is 25.9. The summed E-state index contributed by atoms with van der Waals surface area (Å²) in [5, 5.41) is 5.79. The minimum Gasteiger partial charge on any atom is -0.354 e. The first kappa shape index (κ1) is 17.4. The van der Waals surface area contributed by atoms with Crippen molar-refractivity contribution in [2.24, 2.45) is 5.92 Å². The molecule has 2 N–H and O–H groups in total. The van der Waals surface area contributed by atoms with E-state index in [-0.39, 0.29) is 17.7 Å². The SMILES string of the molecule is CCN(CC)c1nc(Cl)nc(NCC(=O)NCC(C)C)n1. The number of hydrogen-bond donors (Lipinski definition) is 2. The zero-order chi connectivity index (χ0) is 15.8. The molecule has 1 heterocycles. The largest absolute Gasteiger partial charge is 0.354 e. The Labute approximate surface area is 130 Å². The second kappa shape index (κ2) is 8.61. The van der Waals surface area contributed by atoms with E-state index < -0.39 is 0 Å². The number of nitrogens with one attached hydrogen (secondary N) is 2. The third-order valence-electron chi connectivity index (χ3n) is 2.76. The van der Waals surface area contributed by atoms with E-state index >= 15 is 0 Å². The fourth-order valence-electron chi connectivity index (χ4n) is 1.61. The molecule has 0 bridgehead atoms. The highest BCUT2D eigenvalue weighted by molar-refractivity contribution is 6.28. The van der Waals surface area contributed by atoms with Crippen molar-refractivity contribution in [1.29, 1.82) is 0 Å². The van der Waals surface area contributed by atoms with Gasteiger partial charge >= 0.3 is 0 Å². The standard InChI is InChI=1S/C13H23ClN6O/c1-5-20(6-2)13-18-11(14)17-12(19-13)16-8-10(21)15-7-9(3)4/h9H,5-8H2,1-4H3,(H,15,21)(H,16,17,18,19). The molecule has 21 heavy (non-hydrogen) atoms. The highest BCUT2D eigenvalue weighted by Crippen LogP contribution is 2.13. The van der Waals surface area contributed by atoms with Crippen LogP contribution in [0.2, 0.25) is 5.28 Å². The van der Waals surface area contributed by atoms with Crippen LogP contribution in [0.1, 0.15) is 27.7 Å². The summed E-state index contributed by atoms with van der Waals surface area (Å²) in [6.07, 6.45) is 0. The molecule has 0 unspecified atom stereocenters. The van der Waals surface area contributed by atoms with Crippen LogP contribution in [0.3, 0.4) is 0 Å². The van der Waals surface area contributed by atoms with Crippen molar-refractivity contribution in [3.8, 4) is 0 Å². The number of nitrogens with zero attached hydrogens (tertiary/aromatic N) is 4. The Morgan fingerprint density at radius 3 is 2.48 bits per heavy atom. The number of hydrogen-bond acceptors (Lipinski definition) is 6. The molecule has 0 aliphatic rings. The Morgan fingerprint density at radius 2 is 1.90 bits per heavy atom. The van der Waals surface area contributed by atoms with Crippen LogP contribution < -0.4 is 15.5 Å². The highest BCUT2D eigenvalue weighted by Gasteiger charge is 2.11. The molecule has 1 aromatic rings. The summed E-state index contributed by atoms with van der Waals surface area (Å²) < 4.78 is 0. The van der Waals surface area contributed by atoms with E-state index in [4.69, 9.17) is 11.6 Å². The van der Waals surface area contributed by atoms with Gasteiger partial charge in [0, 0.05) is 19.6 Å². The van der Waals surface area contributed by atoms with Gasteiger partial charge in [-0.25, -0.2) is 0 Å². The molecule has 0 aromatic carbocycles. The third-order valence-corrected chi connectivity index (χ3v) is 2.93. The fraction of sp³-hybridized carbons (Fsp3) is 0.692. The molecule has 0 saturated heterocycles. The molecule has 0 saturated carbocycles. The molecule has 0 atom stereocenters. The van der Waals surface area contributed by atoms with Gasteiger partial charge in [-0.2, -0.15) is 15.0 Å². The monoisotopic (exact) mass is 314 g/mol. The normalized spacial score (nSPS) is 10.6. The summed E-state index contributed by atoms with van der Waals surface area (Å²) in [5.74, 6) is 1.11. The van der Waals surface area contributed by atoms with Crippen molar-refractivity contribution in [2.75, 3.05) is 36.4 Å². The van der Waals surface area contributed by atoms with E-state index in [0.717, 1.165) is 13.1 Å². The molecule has 0 spiro atoms. The van der Waals surface area contributed by atoms with Crippen LogP contribution in [-0.4, -0.2) is 47.0 Å². The Balaban J connectivity index is 2.65. The molecule has 1 aromatic heterocycles. The molecular formula is C13H23ClN6O. The van der Waals surface area contributed by atoms with Crippen molar-refractivity contribution >= 4 is 29.4 Å². The van der Waals surface area contributed by atoms with Crippen LogP contribution in [0.15, 0.2) is 0 Å². The predicted molar refractivity (Wildman–Crippen MR) is 84.7 cm³/mol. The van der Waals surface area contributed by atoms with E-state index in [1.54, 1.807) is 0 Å². The van der Waals surface area contributed by atoms with Gasteiger partial charge in [-0.1, -0.05) is 13.8 Å². The number of carbonyl (C=O) groups is 1. The van der Waals surface area contributed by atoms with E-state index in [2.05, 4.69) is 25.6 Å². The molecule has 0 aliphatic heterocycles. The first-order valence-corrected chi connectivity index (χ1v) is 7.51. The topological polar surface area (TPSA) is 83.0 Å². The predicted octanol–water partition coefficient (Wildman–Crippen LogP) is 1.56. The number of amides is 1. The smallest absolute Gasteiger partial charge is 0.239 e. The van der Waals surface area contributed by atoms with Crippen molar-refractivity contribution in [2.45, 2.75) is 27.7 Å². The van der Waals surface area contributed by atoms with Crippen LogP contribution in [0.5, 0.6) is 0 Å². The van der Waals surface area contributed by atoms with Gasteiger partial charge in [0.25, 0.3) is 0 Å². The molecule has 0 fully saturated rings. The van der Waals surface area contributed by atoms with Gasteiger partial charge in [0.2, 0.25) is 23.1 Å². The van der Waals surface area contributed by atoms with Crippen LogP contribution in [0, 0.1) is 5.92 Å². The Kier molecular flexibility index (Phi) is 7.14. The quantitative estimate of drug-likeness (QED) is 0.757. The molecule has 0 radical (unpaired) electrons. The number of carbonyl (C=O) groups excluding carboxylic acids is 1. The van der Waals surface area contributed by atoms with E-state index in [1.165, 1.54) is 0 Å². The van der Waals surface area contributed by atoms with Crippen molar-refractivity contribution in [3.63, 3.8) is 0 Å². The Bertz CT molecular complexity index is 464. The van der Waals surface area contributed by atoms with E-state index in [9.17, 15) is 4.79 Å². The molecule has 118 valence electrons. The summed E-state index contributed by atoms with van der Waals surface area (Å²) in [5.41, 5.74) is 0. The summed E-state index contributed by atoms with van der Waals surface area (Å²) >= 11 is 5.90. The van der Waals surface area contributed by atoms with Crippen molar-refractivity contribution < 1.29 is 4.79 Å². The Morgan fingerprint density at radius 1 is 1.24 bits per heavy atom. The molecule has 7 nitrogen and oxygen atoms in total. The summed E-state index contributed by atoms with van der Waals surface area (Å²) in [6, 6.07) is 0. The molecule has 0 aliphatic carbocycles. The maximum Gasteiger partial charge on any atom is 0.239 e. The third kappa shape index (κ3) is 6.12. The lowest BCUT2D eigenvalue weighted by Gasteiger charge is -2.18. The van der Waals surface area contributed by atoms with Crippen LogP contribution >= 0.6 is 11.6 Å². The lowest BCUT2D eigenvalue weighted by atomic mass is 10.2. The van der Waals surface area contributed by atoms with Gasteiger partial charge in [-0.3, -0.25) is 4.79 Å². The minimum atomic E-state index is -0.107. The van der Waals surface area contributed by atoms with Gasteiger partial charge in [-0.15, -0.1) is 0 Å². The number of rotatable bonds is 8. The second-order valence-electron chi connectivity index (χ2n) is 4.95. The minimum absolute atomic E-state index is 0.102. The maximum absolute atomic E-state index is 11.6. The molecule has 1 amide bonds. The maximum atomic E-state index is 11.6. The van der Waals surface area contributed by atoms with Gasteiger partial charge in [-0.05, 0) is 31.4 Å². The van der Waals surface area contributed by atoms with Crippen molar-refractivity contribution in [1.82, 2.24) is 20.3 Å². The van der Waals surface area contributed by atoms with Crippen LogP contribution in [0.25, 0.3) is 0 Å². The van der Waals surface area contributed by atoms with Gasteiger partial charge < -0.3 is 15.5 Å².